The van der Waals surface area contributed by atoms with Crippen molar-refractivity contribution in [2.75, 3.05) is 53.9 Å². The van der Waals surface area contributed by atoms with E-state index in [1.165, 1.54) is 0 Å². The van der Waals surface area contributed by atoms with Crippen molar-refractivity contribution in [2.45, 2.75) is 26.8 Å². The van der Waals surface area contributed by atoms with Crippen LogP contribution in [0.2, 0.25) is 0 Å². The summed E-state index contributed by atoms with van der Waals surface area (Å²) in [5.41, 5.74) is 0. The second-order valence-electron chi connectivity index (χ2n) is 5.55. The predicted molar refractivity (Wildman–Crippen MR) is 79.3 cm³/mol. The molecular weight excluding hydrogens is 242 g/mol. The van der Waals surface area contributed by atoms with Gasteiger partial charge in [-0.15, -0.1) is 0 Å². The Bertz CT molecular complexity index is 245. The van der Waals surface area contributed by atoms with Crippen molar-refractivity contribution in [3.05, 3.63) is 0 Å². The van der Waals surface area contributed by atoms with E-state index in [0.29, 0.717) is 19.1 Å². The van der Waals surface area contributed by atoms with Gasteiger partial charge in [0.15, 0.2) is 0 Å². The minimum absolute atomic E-state index is 0.163. The Hall–Kier alpha value is -0.650. The van der Waals surface area contributed by atoms with Gasteiger partial charge in [-0.2, -0.15) is 0 Å². The molecule has 0 spiro atoms. The summed E-state index contributed by atoms with van der Waals surface area (Å²) in [5, 5.41) is 3.05. The number of nitrogens with one attached hydrogen (secondary N) is 1. The number of esters is 1. The third kappa shape index (κ3) is 8.97. The van der Waals surface area contributed by atoms with Crippen LogP contribution in [0.1, 0.15) is 20.8 Å². The average molecular weight is 273 g/mol. The fourth-order valence-corrected chi connectivity index (χ4v) is 1.90. The topological polar surface area (TPSA) is 44.8 Å². The second-order valence-corrected chi connectivity index (χ2v) is 5.55. The normalized spacial score (nSPS) is 13.3. The van der Waals surface area contributed by atoms with Crippen molar-refractivity contribution in [1.29, 1.82) is 0 Å². The van der Waals surface area contributed by atoms with Crippen LogP contribution < -0.4 is 5.32 Å². The Morgan fingerprint density at radius 2 is 1.84 bits per heavy atom. The molecule has 0 fully saturated rings. The first-order valence-corrected chi connectivity index (χ1v) is 7.11. The molecule has 0 aliphatic rings. The molecule has 0 saturated heterocycles. The molecule has 0 heterocycles. The second kappa shape index (κ2) is 10.2. The monoisotopic (exact) mass is 273 g/mol. The maximum Gasteiger partial charge on any atom is 0.324 e. The van der Waals surface area contributed by atoms with Crippen LogP contribution in [0.3, 0.4) is 0 Å². The SMILES string of the molecule is CCOC(=O)C(CN(CCN(C)C)CC(C)C)NC. The van der Waals surface area contributed by atoms with Crippen LogP contribution in [0, 0.1) is 5.92 Å². The first-order valence-electron chi connectivity index (χ1n) is 7.11. The van der Waals surface area contributed by atoms with Crippen LogP contribution >= 0.6 is 0 Å². The summed E-state index contributed by atoms with van der Waals surface area (Å²) in [5.74, 6) is 0.422. The highest BCUT2D eigenvalue weighted by atomic mass is 16.5. The van der Waals surface area contributed by atoms with E-state index in [1.54, 1.807) is 7.05 Å². The van der Waals surface area contributed by atoms with Crippen LogP contribution in [0.5, 0.6) is 0 Å². The highest BCUT2D eigenvalue weighted by molar-refractivity contribution is 5.76. The smallest absolute Gasteiger partial charge is 0.324 e. The van der Waals surface area contributed by atoms with Gasteiger partial charge in [0.2, 0.25) is 0 Å². The first-order chi connectivity index (χ1) is 8.90. The summed E-state index contributed by atoms with van der Waals surface area (Å²) in [6.45, 7) is 10.3. The molecule has 0 rings (SSSR count). The maximum absolute atomic E-state index is 11.8. The molecule has 5 nitrogen and oxygen atoms in total. The lowest BCUT2D eigenvalue weighted by Gasteiger charge is -2.28. The summed E-state index contributed by atoms with van der Waals surface area (Å²) in [7, 11) is 5.93. The van der Waals surface area contributed by atoms with Crippen molar-refractivity contribution in [1.82, 2.24) is 15.1 Å². The van der Waals surface area contributed by atoms with Crippen LogP contribution in [0.15, 0.2) is 0 Å². The molecule has 0 amide bonds. The standard InChI is InChI=1S/C14H31N3O2/c1-7-19-14(18)13(15-4)11-17(10-12(2)3)9-8-16(5)6/h12-13,15H,7-11H2,1-6H3. The summed E-state index contributed by atoms with van der Waals surface area (Å²) in [4.78, 5) is 16.3. The third-order valence-electron chi connectivity index (χ3n) is 2.85. The molecular formula is C14H31N3O2. The molecule has 1 atom stereocenters. The van der Waals surface area contributed by atoms with Crippen molar-refractivity contribution in [3.8, 4) is 0 Å². The van der Waals surface area contributed by atoms with Gasteiger partial charge in [-0.1, -0.05) is 13.8 Å². The van der Waals surface area contributed by atoms with Crippen molar-refractivity contribution < 1.29 is 9.53 Å². The fraction of sp³-hybridized carbons (Fsp3) is 0.929. The predicted octanol–water partition coefficient (Wildman–Crippen LogP) is 0.657. The maximum atomic E-state index is 11.8. The molecule has 114 valence electrons. The Kier molecular flexibility index (Phi) is 9.83. The van der Waals surface area contributed by atoms with Gasteiger partial charge in [0, 0.05) is 26.2 Å². The molecule has 0 aromatic rings. The molecule has 19 heavy (non-hydrogen) atoms. The lowest BCUT2D eigenvalue weighted by molar-refractivity contribution is -0.146. The number of rotatable bonds is 10. The molecule has 0 radical (unpaired) electrons. The van der Waals surface area contributed by atoms with Crippen LogP contribution in [0.25, 0.3) is 0 Å². The number of nitrogens with zero attached hydrogens (tertiary/aromatic N) is 2. The Balaban J connectivity index is 4.43. The van der Waals surface area contributed by atoms with Crippen LogP contribution in [0.4, 0.5) is 0 Å². The Labute approximate surface area is 118 Å². The largest absolute Gasteiger partial charge is 0.465 e. The van der Waals surface area contributed by atoms with E-state index in [0.717, 1.165) is 19.6 Å². The Morgan fingerprint density at radius 1 is 1.21 bits per heavy atom. The van der Waals surface area contributed by atoms with Crippen LogP contribution in [-0.4, -0.2) is 75.7 Å². The number of ether oxygens (including phenoxy) is 1. The zero-order valence-electron chi connectivity index (χ0n) is 13.4. The molecule has 5 heteroatoms. The number of carbonyl (C=O) groups excluding carboxylic acids is 1. The lowest BCUT2D eigenvalue weighted by atomic mass is 10.2. The summed E-state index contributed by atoms with van der Waals surface area (Å²) >= 11 is 0. The van der Waals surface area contributed by atoms with E-state index in [9.17, 15) is 4.79 Å². The highest BCUT2D eigenvalue weighted by Gasteiger charge is 2.21. The van der Waals surface area contributed by atoms with Gasteiger partial charge in [-0.25, -0.2) is 0 Å². The van der Waals surface area contributed by atoms with Gasteiger partial charge in [0.1, 0.15) is 6.04 Å². The van der Waals surface area contributed by atoms with Gasteiger partial charge in [-0.3, -0.25) is 9.69 Å². The lowest BCUT2D eigenvalue weighted by Crippen LogP contribution is -2.47. The van der Waals surface area contributed by atoms with E-state index in [2.05, 4.69) is 43.1 Å². The summed E-state index contributed by atoms with van der Waals surface area (Å²) < 4.78 is 5.09. The molecule has 0 aromatic carbocycles. The average Bonchev–Trinajstić information content (AvgIpc) is 2.32. The van der Waals surface area contributed by atoms with Crippen LogP contribution in [-0.2, 0) is 9.53 Å². The highest BCUT2D eigenvalue weighted by Crippen LogP contribution is 2.02. The van der Waals surface area contributed by atoms with Crippen molar-refractivity contribution in [3.63, 3.8) is 0 Å². The van der Waals surface area contributed by atoms with E-state index in [4.69, 9.17) is 4.74 Å². The minimum atomic E-state index is -0.249. The van der Waals surface area contributed by atoms with Gasteiger partial charge in [0.05, 0.1) is 6.61 Å². The Morgan fingerprint density at radius 3 is 2.26 bits per heavy atom. The quantitative estimate of drug-likeness (QED) is 0.592. The van der Waals surface area contributed by atoms with E-state index in [1.807, 2.05) is 6.92 Å². The van der Waals surface area contributed by atoms with E-state index < -0.39 is 0 Å². The minimum Gasteiger partial charge on any atom is -0.465 e. The van der Waals surface area contributed by atoms with Gasteiger partial charge < -0.3 is 15.0 Å². The molecule has 0 saturated carbocycles. The number of likely N-dealkylation sites (N-methyl/N-ethyl adjacent to an activating group) is 2. The van der Waals surface area contributed by atoms with Crippen molar-refractivity contribution in [2.24, 2.45) is 5.92 Å². The van der Waals surface area contributed by atoms with Gasteiger partial charge >= 0.3 is 5.97 Å². The number of carbonyl (C=O) groups is 1. The first kappa shape index (κ1) is 18.4. The molecule has 1 unspecified atom stereocenters. The fourth-order valence-electron chi connectivity index (χ4n) is 1.90. The molecule has 0 aliphatic heterocycles. The summed E-state index contributed by atoms with van der Waals surface area (Å²) in [6, 6.07) is -0.249. The molecule has 0 bridgehead atoms. The molecule has 0 aromatic heterocycles. The zero-order chi connectivity index (χ0) is 14.8. The number of hydrogen-bond acceptors (Lipinski definition) is 5. The van der Waals surface area contributed by atoms with Crippen molar-refractivity contribution >= 4 is 5.97 Å². The van der Waals surface area contributed by atoms with Gasteiger partial charge in [0.25, 0.3) is 0 Å². The number of hydrogen-bond donors (Lipinski definition) is 1. The van der Waals surface area contributed by atoms with E-state index in [-0.39, 0.29) is 12.0 Å². The third-order valence-corrected chi connectivity index (χ3v) is 2.85. The molecule has 0 aliphatic carbocycles. The zero-order valence-corrected chi connectivity index (χ0v) is 13.4. The van der Waals surface area contributed by atoms with E-state index >= 15 is 0 Å². The summed E-state index contributed by atoms with van der Waals surface area (Å²) in [6.07, 6.45) is 0. The van der Waals surface area contributed by atoms with Gasteiger partial charge in [-0.05, 0) is 34.0 Å². The molecule has 1 N–H and O–H groups in total.